The highest BCUT2D eigenvalue weighted by Crippen LogP contribution is 2.28. The third kappa shape index (κ3) is 3.42. The van der Waals surface area contributed by atoms with E-state index in [2.05, 4.69) is 9.82 Å². The Morgan fingerprint density at radius 3 is 2.59 bits per heavy atom. The molecule has 0 fully saturated rings. The van der Waals surface area contributed by atoms with Gasteiger partial charge in [0.1, 0.15) is 22.0 Å². The SMILES string of the molecule is CCc1nn(CC)c(=O)c2cc(S(=O)(=O)Nc3cc(C)ccc3OC)cn12. The van der Waals surface area contributed by atoms with E-state index in [1.165, 1.54) is 28.5 Å². The molecule has 0 aliphatic carbocycles. The number of nitrogens with zero attached hydrogens (tertiary/aromatic N) is 3. The fourth-order valence-corrected chi connectivity index (χ4v) is 3.97. The molecule has 2 heterocycles. The van der Waals surface area contributed by atoms with Crippen LogP contribution in [0.3, 0.4) is 0 Å². The highest BCUT2D eigenvalue weighted by Gasteiger charge is 2.21. The van der Waals surface area contributed by atoms with Gasteiger partial charge < -0.3 is 4.74 Å². The zero-order valence-electron chi connectivity index (χ0n) is 15.7. The lowest BCUT2D eigenvalue weighted by atomic mass is 10.2. The van der Waals surface area contributed by atoms with Crippen LogP contribution >= 0.6 is 0 Å². The summed E-state index contributed by atoms with van der Waals surface area (Å²) in [5, 5.41) is 4.29. The van der Waals surface area contributed by atoms with E-state index in [4.69, 9.17) is 4.74 Å². The predicted molar refractivity (Wildman–Crippen MR) is 103 cm³/mol. The van der Waals surface area contributed by atoms with Crippen molar-refractivity contribution in [3.8, 4) is 5.75 Å². The van der Waals surface area contributed by atoms with Gasteiger partial charge in [-0.3, -0.25) is 13.9 Å². The normalized spacial score (nSPS) is 11.7. The molecule has 2 aromatic heterocycles. The van der Waals surface area contributed by atoms with Gasteiger partial charge in [0.15, 0.2) is 0 Å². The average Bonchev–Trinajstić information content (AvgIpc) is 3.09. The number of anilines is 1. The molecule has 144 valence electrons. The molecule has 0 aliphatic rings. The summed E-state index contributed by atoms with van der Waals surface area (Å²) in [7, 11) is -2.44. The molecule has 0 saturated carbocycles. The lowest BCUT2D eigenvalue weighted by Gasteiger charge is -2.11. The second-order valence-corrected chi connectivity index (χ2v) is 7.81. The van der Waals surface area contributed by atoms with Crippen LogP contribution in [0.5, 0.6) is 5.75 Å². The number of sulfonamides is 1. The van der Waals surface area contributed by atoms with Crippen molar-refractivity contribution in [1.82, 2.24) is 14.2 Å². The monoisotopic (exact) mass is 390 g/mol. The van der Waals surface area contributed by atoms with Gasteiger partial charge in [0.05, 0.1) is 12.8 Å². The quantitative estimate of drug-likeness (QED) is 0.696. The van der Waals surface area contributed by atoms with Crippen molar-refractivity contribution in [2.24, 2.45) is 0 Å². The smallest absolute Gasteiger partial charge is 0.291 e. The van der Waals surface area contributed by atoms with Gasteiger partial charge in [-0.05, 0) is 37.6 Å². The molecule has 0 aliphatic heterocycles. The van der Waals surface area contributed by atoms with E-state index in [0.29, 0.717) is 30.2 Å². The Morgan fingerprint density at radius 1 is 1.22 bits per heavy atom. The van der Waals surface area contributed by atoms with Crippen LogP contribution in [-0.4, -0.2) is 29.7 Å². The highest BCUT2D eigenvalue weighted by atomic mass is 32.2. The average molecular weight is 390 g/mol. The van der Waals surface area contributed by atoms with Crippen molar-refractivity contribution in [2.75, 3.05) is 11.8 Å². The van der Waals surface area contributed by atoms with Crippen molar-refractivity contribution < 1.29 is 13.2 Å². The number of nitrogens with one attached hydrogen (secondary N) is 1. The summed E-state index contributed by atoms with van der Waals surface area (Å²) in [4.78, 5) is 12.5. The van der Waals surface area contributed by atoms with Crippen LogP contribution in [0.2, 0.25) is 0 Å². The van der Waals surface area contributed by atoms with Gasteiger partial charge in [-0.1, -0.05) is 13.0 Å². The van der Waals surface area contributed by atoms with E-state index in [1.807, 2.05) is 26.8 Å². The van der Waals surface area contributed by atoms with E-state index in [1.54, 1.807) is 12.1 Å². The van der Waals surface area contributed by atoms with Gasteiger partial charge in [-0.15, -0.1) is 0 Å². The van der Waals surface area contributed by atoms with E-state index in [0.717, 1.165) is 5.56 Å². The number of ether oxygens (including phenoxy) is 1. The van der Waals surface area contributed by atoms with Crippen LogP contribution in [0.4, 0.5) is 5.69 Å². The Hall–Kier alpha value is -2.81. The van der Waals surface area contributed by atoms with E-state index in [9.17, 15) is 13.2 Å². The minimum absolute atomic E-state index is 0.00601. The van der Waals surface area contributed by atoms with Crippen molar-refractivity contribution in [3.63, 3.8) is 0 Å². The third-order valence-electron chi connectivity index (χ3n) is 4.29. The molecule has 0 radical (unpaired) electrons. The van der Waals surface area contributed by atoms with Gasteiger partial charge in [0, 0.05) is 19.2 Å². The van der Waals surface area contributed by atoms with Crippen LogP contribution in [0.15, 0.2) is 40.2 Å². The molecule has 1 N–H and O–H groups in total. The molecule has 0 atom stereocenters. The Morgan fingerprint density at radius 2 is 1.96 bits per heavy atom. The number of benzene rings is 1. The second-order valence-electron chi connectivity index (χ2n) is 6.13. The lowest BCUT2D eigenvalue weighted by molar-refractivity contribution is 0.417. The first-order chi connectivity index (χ1) is 12.8. The summed E-state index contributed by atoms with van der Waals surface area (Å²) in [5.41, 5.74) is 1.18. The van der Waals surface area contributed by atoms with Crippen molar-refractivity contribution in [2.45, 2.75) is 38.6 Å². The van der Waals surface area contributed by atoms with Crippen LogP contribution in [-0.2, 0) is 23.0 Å². The number of hydrogen-bond donors (Lipinski definition) is 1. The van der Waals surface area contributed by atoms with Gasteiger partial charge >= 0.3 is 0 Å². The maximum Gasteiger partial charge on any atom is 0.291 e. The summed E-state index contributed by atoms with van der Waals surface area (Å²) in [6.07, 6.45) is 1.98. The van der Waals surface area contributed by atoms with Crippen LogP contribution < -0.4 is 15.0 Å². The molecule has 0 spiro atoms. The Bertz CT molecular complexity index is 1160. The Labute approximate surface area is 157 Å². The first kappa shape index (κ1) is 19.0. The number of fused-ring (bicyclic) bond motifs is 1. The highest BCUT2D eigenvalue weighted by molar-refractivity contribution is 7.92. The van der Waals surface area contributed by atoms with Crippen molar-refractivity contribution in [1.29, 1.82) is 0 Å². The minimum Gasteiger partial charge on any atom is -0.495 e. The molecular weight excluding hydrogens is 368 g/mol. The van der Waals surface area contributed by atoms with E-state index < -0.39 is 10.0 Å². The van der Waals surface area contributed by atoms with Crippen molar-refractivity contribution in [3.05, 3.63) is 52.2 Å². The molecule has 1 aromatic carbocycles. The zero-order valence-corrected chi connectivity index (χ0v) is 16.5. The number of aryl methyl sites for hydroxylation is 3. The molecule has 8 nitrogen and oxygen atoms in total. The van der Waals surface area contributed by atoms with Gasteiger partial charge in [-0.2, -0.15) is 5.10 Å². The molecule has 3 rings (SSSR count). The fraction of sp³-hybridized carbons (Fsp3) is 0.333. The summed E-state index contributed by atoms with van der Waals surface area (Å²) in [6.45, 7) is 5.98. The molecule has 0 unspecified atom stereocenters. The Kier molecular flexibility index (Phi) is 4.97. The number of methoxy groups -OCH3 is 1. The van der Waals surface area contributed by atoms with Crippen molar-refractivity contribution >= 4 is 21.2 Å². The zero-order chi connectivity index (χ0) is 19.8. The number of hydrogen-bond acceptors (Lipinski definition) is 5. The molecule has 3 aromatic rings. The third-order valence-corrected chi connectivity index (χ3v) is 5.62. The first-order valence-corrected chi connectivity index (χ1v) is 10.1. The molecule has 0 saturated heterocycles. The second kappa shape index (κ2) is 7.07. The lowest BCUT2D eigenvalue weighted by Crippen LogP contribution is -2.26. The standard InChI is InChI=1S/C18H22N4O4S/c1-5-17-19-22(6-2)18(23)15-10-13(11-21(15)17)27(24,25)20-14-9-12(3)7-8-16(14)26-4/h7-11,20H,5-6H2,1-4H3. The first-order valence-electron chi connectivity index (χ1n) is 8.60. The minimum atomic E-state index is -3.91. The number of aromatic nitrogens is 3. The van der Waals surface area contributed by atoms with E-state index >= 15 is 0 Å². The summed E-state index contributed by atoms with van der Waals surface area (Å²) >= 11 is 0. The summed E-state index contributed by atoms with van der Waals surface area (Å²) in [6, 6.07) is 6.59. The molecular formula is C18H22N4O4S. The Balaban J connectivity index is 2.13. The van der Waals surface area contributed by atoms with Crippen LogP contribution in [0, 0.1) is 6.92 Å². The van der Waals surface area contributed by atoms with Gasteiger partial charge in [0.25, 0.3) is 15.6 Å². The summed E-state index contributed by atoms with van der Waals surface area (Å²) < 4.78 is 36.5. The topological polar surface area (TPSA) is 94.7 Å². The van der Waals surface area contributed by atoms with Crippen LogP contribution in [0.25, 0.3) is 5.52 Å². The fourth-order valence-electron chi connectivity index (χ4n) is 2.89. The molecule has 9 heteroatoms. The van der Waals surface area contributed by atoms with Gasteiger partial charge in [0.2, 0.25) is 0 Å². The predicted octanol–water partition coefficient (Wildman–Crippen LogP) is 2.20. The molecule has 27 heavy (non-hydrogen) atoms. The maximum absolute atomic E-state index is 12.9. The molecule has 0 amide bonds. The van der Waals surface area contributed by atoms with Gasteiger partial charge in [-0.25, -0.2) is 13.1 Å². The van der Waals surface area contributed by atoms with E-state index in [-0.39, 0.29) is 16.0 Å². The number of rotatable bonds is 6. The maximum atomic E-state index is 12.9. The summed E-state index contributed by atoms with van der Waals surface area (Å²) in [5.74, 6) is 1.03. The van der Waals surface area contributed by atoms with Crippen LogP contribution in [0.1, 0.15) is 25.2 Å². The molecule has 0 bridgehead atoms. The largest absolute Gasteiger partial charge is 0.495 e.